The van der Waals surface area contributed by atoms with Crippen molar-refractivity contribution in [3.05, 3.63) is 35.4 Å². The molecular weight excluding hydrogens is 268 g/mol. The second-order valence-electron chi connectivity index (χ2n) is 5.75. The molecule has 3 rings (SSSR count). The summed E-state index contributed by atoms with van der Waals surface area (Å²) < 4.78 is 0. The highest BCUT2D eigenvalue weighted by Crippen LogP contribution is 2.32. The molecule has 1 aromatic carbocycles. The van der Waals surface area contributed by atoms with Gasteiger partial charge in [0.15, 0.2) is 0 Å². The maximum absolute atomic E-state index is 12.1. The van der Waals surface area contributed by atoms with Gasteiger partial charge in [0.2, 0.25) is 5.91 Å². The van der Waals surface area contributed by atoms with E-state index in [-0.39, 0.29) is 36.7 Å². The third kappa shape index (κ3) is 2.68. The lowest BCUT2D eigenvalue weighted by atomic mass is 10.1. The van der Waals surface area contributed by atoms with Gasteiger partial charge in [0, 0.05) is 19.0 Å². The molecule has 1 aliphatic carbocycles. The van der Waals surface area contributed by atoms with E-state index >= 15 is 0 Å². The molecule has 0 aromatic heterocycles. The first-order valence-electron chi connectivity index (χ1n) is 7.32. The third-order valence-corrected chi connectivity index (χ3v) is 4.16. The number of imide groups is 1. The van der Waals surface area contributed by atoms with E-state index in [9.17, 15) is 14.4 Å². The predicted octanol–water partition coefficient (Wildman–Crippen LogP) is 1.59. The van der Waals surface area contributed by atoms with E-state index in [2.05, 4.69) is 5.32 Å². The summed E-state index contributed by atoms with van der Waals surface area (Å²) >= 11 is 0. The molecule has 1 heterocycles. The topological polar surface area (TPSA) is 66.5 Å². The van der Waals surface area contributed by atoms with Crippen molar-refractivity contribution < 1.29 is 14.4 Å². The second kappa shape index (κ2) is 5.31. The number of carbonyl (C=O) groups excluding carboxylic acids is 3. The van der Waals surface area contributed by atoms with Gasteiger partial charge < -0.3 is 5.32 Å². The molecule has 21 heavy (non-hydrogen) atoms. The van der Waals surface area contributed by atoms with Crippen LogP contribution in [0.4, 0.5) is 0 Å². The van der Waals surface area contributed by atoms with Gasteiger partial charge in [-0.3, -0.25) is 19.3 Å². The molecule has 1 aromatic rings. The zero-order valence-electron chi connectivity index (χ0n) is 12.0. The highest BCUT2D eigenvalue weighted by atomic mass is 16.2. The maximum Gasteiger partial charge on any atom is 0.261 e. The van der Waals surface area contributed by atoms with Crippen LogP contribution in [0.1, 0.15) is 46.9 Å². The van der Waals surface area contributed by atoms with Gasteiger partial charge in [-0.05, 0) is 37.8 Å². The zero-order valence-corrected chi connectivity index (χ0v) is 12.0. The lowest BCUT2D eigenvalue weighted by molar-refractivity contribution is -0.121. The quantitative estimate of drug-likeness (QED) is 0.836. The van der Waals surface area contributed by atoms with Crippen molar-refractivity contribution in [2.75, 3.05) is 6.54 Å². The first-order chi connectivity index (χ1) is 10.1. The summed E-state index contributed by atoms with van der Waals surface area (Å²) in [6.45, 7) is 2.13. The number of nitrogens with one attached hydrogen (secondary N) is 1. The molecule has 3 amide bonds. The zero-order chi connectivity index (χ0) is 15.0. The molecule has 0 spiro atoms. The Morgan fingerprint density at radius 1 is 1.24 bits per heavy atom. The fraction of sp³-hybridized carbons (Fsp3) is 0.438. The first kappa shape index (κ1) is 13.8. The van der Waals surface area contributed by atoms with Crippen LogP contribution in [0.3, 0.4) is 0 Å². The molecule has 110 valence electrons. The Kier molecular flexibility index (Phi) is 3.49. The molecule has 1 unspecified atom stereocenters. The van der Waals surface area contributed by atoms with Crippen LogP contribution in [-0.2, 0) is 4.79 Å². The van der Waals surface area contributed by atoms with Crippen molar-refractivity contribution in [3.8, 4) is 0 Å². The monoisotopic (exact) mass is 286 g/mol. The number of benzene rings is 1. The Morgan fingerprint density at radius 2 is 1.81 bits per heavy atom. The lowest BCUT2D eigenvalue weighted by Crippen LogP contribution is -2.38. The molecule has 5 nitrogen and oxygen atoms in total. The van der Waals surface area contributed by atoms with Crippen LogP contribution in [0.2, 0.25) is 0 Å². The van der Waals surface area contributed by atoms with Crippen molar-refractivity contribution in [2.45, 2.75) is 32.2 Å². The standard InChI is InChI=1S/C16H18N2O3/c1-10(11-6-7-11)17-14(19)8-9-18-15(20)12-4-2-3-5-13(12)16(18)21/h2-5,10-11H,6-9H2,1H3,(H,17,19). The molecule has 1 aliphatic heterocycles. The number of hydrogen-bond acceptors (Lipinski definition) is 3. The summed E-state index contributed by atoms with van der Waals surface area (Å²) in [5.74, 6) is -0.128. The van der Waals surface area contributed by atoms with Crippen LogP contribution in [0.25, 0.3) is 0 Å². The predicted molar refractivity (Wildman–Crippen MR) is 76.8 cm³/mol. The fourth-order valence-electron chi connectivity index (χ4n) is 2.70. The smallest absolute Gasteiger partial charge is 0.261 e. The molecular formula is C16H18N2O3. The number of amides is 3. The van der Waals surface area contributed by atoms with E-state index < -0.39 is 0 Å². The average molecular weight is 286 g/mol. The minimum atomic E-state index is -0.307. The van der Waals surface area contributed by atoms with E-state index in [1.807, 2.05) is 6.92 Å². The van der Waals surface area contributed by atoms with Gasteiger partial charge in [0.25, 0.3) is 11.8 Å². The van der Waals surface area contributed by atoms with E-state index in [1.54, 1.807) is 24.3 Å². The van der Waals surface area contributed by atoms with E-state index in [0.717, 1.165) is 4.90 Å². The summed E-state index contributed by atoms with van der Waals surface area (Å²) in [7, 11) is 0. The minimum Gasteiger partial charge on any atom is -0.353 e. The molecule has 1 fully saturated rings. The van der Waals surface area contributed by atoms with Gasteiger partial charge in [-0.1, -0.05) is 12.1 Å². The van der Waals surface area contributed by atoms with Crippen molar-refractivity contribution in [2.24, 2.45) is 5.92 Å². The molecule has 5 heteroatoms. The first-order valence-corrected chi connectivity index (χ1v) is 7.32. The molecule has 1 atom stereocenters. The summed E-state index contributed by atoms with van der Waals surface area (Å²) in [4.78, 5) is 37.3. The summed E-state index contributed by atoms with van der Waals surface area (Å²) in [6.07, 6.45) is 2.49. The van der Waals surface area contributed by atoms with Crippen LogP contribution >= 0.6 is 0 Å². The van der Waals surface area contributed by atoms with Crippen molar-refractivity contribution in [3.63, 3.8) is 0 Å². The molecule has 1 N–H and O–H groups in total. The Labute approximate surface area is 123 Å². The normalized spacial score (nSPS) is 18.6. The summed E-state index contributed by atoms with van der Waals surface area (Å²) in [5.41, 5.74) is 0.850. The maximum atomic E-state index is 12.1. The third-order valence-electron chi connectivity index (χ3n) is 4.16. The number of rotatable bonds is 5. The van der Waals surface area contributed by atoms with Gasteiger partial charge in [-0.2, -0.15) is 0 Å². The molecule has 0 bridgehead atoms. The number of hydrogen-bond donors (Lipinski definition) is 1. The van der Waals surface area contributed by atoms with Crippen LogP contribution in [0.5, 0.6) is 0 Å². The van der Waals surface area contributed by atoms with Crippen LogP contribution in [0, 0.1) is 5.92 Å². The van der Waals surface area contributed by atoms with Crippen LogP contribution in [0.15, 0.2) is 24.3 Å². The molecule has 0 saturated heterocycles. The summed E-state index contributed by atoms with van der Waals surface area (Å²) in [6, 6.07) is 6.93. The van der Waals surface area contributed by atoms with Gasteiger partial charge >= 0.3 is 0 Å². The number of nitrogens with zero attached hydrogens (tertiary/aromatic N) is 1. The largest absolute Gasteiger partial charge is 0.353 e. The number of carbonyl (C=O) groups is 3. The second-order valence-corrected chi connectivity index (χ2v) is 5.75. The average Bonchev–Trinajstić information content (AvgIpc) is 3.28. The lowest BCUT2D eigenvalue weighted by Gasteiger charge is -2.16. The summed E-state index contributed by atoms with van der Waals surface area (Å²) in [5, 5.41) is 2.93. The van der Waals surface area contributed by atoms with Crippen molar-refractivity contribution >= 4 is 17.7 Å². The van der Waals surface area contributed by atoms with Gasteiger partial charge in [0.1, 0.15) is 0 Å². The van der Waals surface area contributed by atoms with Crippen LogP contribution in [-0.4, -0.2) is 35.2 Å². The highest BCUT2D eigenvalue weighted by Gasteiger charge is 2.35. The van der Waals surface area contributed by atoms with Gasteiger partial charge in [0.05, 0.1) is 11.1 Å². The Morgan fingerprint density at radius 3 is 2.33 bits per heavy atom. The van der Waals surface area contributed by atoms with Gasteiger partial charge in [-0.25, -0.2) is 0 Å². The number of fused-ring (bicyclic) bond motifs is 1. The highest BCUT2D eigenvalue weighted by molar-refractivity contribution is 6.21. The van der Waals surface area contributed by atoms with Crippen molar-refractivity contribution in [1.82, 2.24) is 10.2 Å². The fourth-order valence-corrected chi connectivity index (χ4v) is 2.70. The van der Waals surface area contributed by atoms with E-state index in [0.29, 0.717) is 17.0 Å². The molecule has 0 radical (unpaired) electrons. The van der Waals surface area contributed by atoms with Crippen LogP contribution < -0.4 is 5.32 Å². The molecule has 1 saturated carbocycles. The Bertz CT molecular complexity index is 572. The molecule has 2 aliphatic rings. The van der Waals surface area contributed by atoms with E-state index in [4.69, 9.17) is 0 Å². The Hall–Kier alpha value is -2.17. The van der Waals surface area contributed by atoms with Crippen molar-refractivity contribution in [1.29, 1.82) is 0 Å². The van der Waals surface area contributed by atoms with E-state index in [1.165, 1.54) is 12.8 Å². The van der Waals surface area contributed by atoms with Gasteiger partial charge in [-0.15, -0.1) is 0 Å². The minimum absolute atomic E-state index is 0.106. The Balaban J connectivity index is 1.58. The SMILES string of the molecule is CC(NC(=O)CCN1C(=O)c2ccccc2C1=O)C1CC1.